The summed E-state index contributed by atoms with van der Waals surface area (Å²) in [7, 11) is 3.26. The van der Waals surface area contributed by atoms with Crippen LogP contribution in [-0.4, -0.2) is 31.2 Å². The Morgan fingerprint density at radius 1 is 1.00 bits per heavy atom. The smallest absolute Gasteiger partial charge is 0.166 e. The summed E-state index contributed by atoms with van der Waals surface area (Å²) in [6.07, 6.45) is -0.235. The Bertz CT molecular complexity index is 900. The average molecular weight is 350 g/mol. The number of thioether (sulfide) groups is 1. The predicted molar refractivity (Wildman–Crippen MR) is 100 cm³/mol. The second kappa shape index (κ2) is 8.13. The molecule has 0 bridgehead atoms. The van der Waals surface area contributed by atoms with E-state index in [1.54, 1.807) is 26.0 Å². The summed E-state index contributed by atoms with van der Waals surface area (Å²) in [5.41, 5.74) is 3.81. The number of nitrogens with zero attached hydrogens (tertiary/aromatic N) is 2. The molecule has 0 aliphatic rings. The molecule has 0 atom stereocenters. The summed E-state index contributed by atoms with van der Waals surface area (Å²) >= 11 is 1.61. The van der Waals surface area contributed by atoms with Crippen LogP contribution < -0.4 is 0 Å². The Morgan fingerprint density at radius 2 is 1.72 bits per heavy atom. The standard InChI is InChI=1S/C20H18N2O2S/c1-23-20(24-2)13-25-19-10-8-17-11-16(7-9-18(17)22-19)15-5-3-14(12-21)4-6-15/h3-11,20H,13H2,1-2H3. The Kier molecular flexibility index (Phi) is 5.67. The third kappa shape index (κ3) is 4.18. The number of nitriles is 1. The maximum atomic E-state index is 8.90. The fraction of sp³-hybridized carbons (Fsp3) is 0.200. The van der Waals surface area contributed by atoms with Crippen LogP contribution in [0, 0.1) is 11.3 Å². The molecule has 1 heterocycles. The van der Waals surface area contributed by atoms with Crippen LogP contribution >= 0.6 is 11.8 Å². The van der Waals surface area contributed by atoms with Crippen molar-refractivity contribution >= 4 is 22.7 Å². The maximum absolute atomic E-state index is 8.90. The van der Waals surface area contributed by atoms with Gasteiger partial charge in [-0.3, -0.25) is 0 Å². The number of methoxy groups -OCH3 is 2. The van der Waals surface area contributed by atoms with E-state index in [2.05, 4.69) is 29.3 Å². The molecule has 0 radical (unpaired) electrons. The molecule has 3 rings (SSSR count). The van der Waals surface area contributed by atoms with E-state index >= 15 is 0 Å². The van der Waals surface area contributed by atoms with Gasteiger partial charge < -0.3 is 9.47 Å². The summed E-state index contributed by atoms with van der Waals surface area (Å²) < 4.78 is 10.4. The Morgan fingerprint density at radius 3 is 2.40 bits per heavy atom. The number of fused-ring (bicyclic) bond motifs is 1. The van der Waals surface area contributed by atoms with E-state index < -0.39 is 0 Å². The molecule has 0 amide bonds. The van der Waals surface area contributed by atoms with Crippen molar-refractivity contribution in [2.24, 2.45) is 0 Å². The van der Waals surface area contributed by atoms with E-state index in [4.69, 9.17) is 14.7 Å². The quantitative estimate of drug-likeness (QED) is 0.484. The summed E-state index contributed by atoms with van der Waals surface area (Å²) in [6, 6.07) is 20.0. The molecule has 126 valence electrons. The summed E-state index contributed by atoms with van der Waals surface area (Å²) in [5, 5.41) is 10.9. The lowest BCUT2D eigenvalue weighted by molar-refractivity contribution is -0.0842. The largest absolute Gasteiger partial charge is 0.355 e. The van der Waals surface area contributed by atoms with Gasteiger partial charge in [0.25, 0.3) is 0 Å². The number of aromatic nitrogens is 1. The number of rotatable bonds is 6. The number of ether oxygens (including phenoxy) is 2. The summed E-state index contributed by atoms with van der Waals surface area (Å²) in [4.78, 5) is 4.69. The predicted octanol–water partition coefficient (Wildman–Crippen LogP) is 4.48. The molecule has 3 aromatic rings. The minimum absolute atomic E-state index is 0.235. The maximum Gasteiger partial charge on any atom is 0.166 e. The van der Waals surface area contributed by atoms with E-state index in [-0.39, 0.29) is 6.29 Å². The first-order chi connectivity index (χ1) is 12.2. The lowest BCUT2D eigenvalue weighted by Crippen LogP contribution is -2.15. The fourth-order valence-electron chi connectivity index (χ4n) is 2.49. The Labute approximate surface area is 151 Å². The summed E-state index contributed by atoms with van der Waals surface area (Å²) in [6.45, 7) is 0. The van der Waals surface area contributed by atoms with Gasteiger partial charge in [0.2, 0.25) is 0 Å². The Balaban J connectivity index is 1.82. The van der Waals surface area contributed by atoms with Gasteiger partial charge in [-0.1, -0.05) is 24.3 Å². The summed E-state index contributed by atoms with van der Waals surface area (Å²) in [5.74, 6) is 0.689. The monoisotopic (exact) mass is 350 g/mol. The molecule has 0 spiro atoms. The second-order valence-electron chi connectivity index (χ2n) is 5.46. The van der Waals surface area contributed by atoms with Crippen LogP contribution in [0.2, 0.25) is 0 Å². The minimum Gasteiger partial charge on any atom is -0.355 e. The van der Waals surface area contributed by atoms with Crippen molar-refractivity contribution < 1.29 is 9.47 Å². The van der Waals surface area contributed by atoms with Crippen molar-refractivity contribution in [3.8, 4) is 17.2 Å². The van der Waals surface area contributed by atoms with Crippen molar-refractivity contribution in [1.82, 2.24) is 4.98 Å². The molecule has 0 aliphatic heterocycles. The van der Waals surface area contributed by atoms with Crippen LogP contribution in [0.1, 0.15) is 5.56 Å². The second-order valence-corrected chi connectivity index (χ2v) is 6.50. The molecule has 5 heteroatoms. The number of pyridine rings is 1. The van der Waals surface area contributed by atoms with Crippen LogP contribution in [-0.2, 0) is 9.47 Å². The van der Waals surface area contributed by atoms with Crippen LogP contribution in [0.5, 0.6) is 0 Å². The number of benzene rings is 2. The first kappa shape index (κ1) is 17.4. The molecule has 1 aromatic heterocycles. The molecular formula is C20H18N2O2S. The number of hydrogen-bond acceptors (Lipinski definition) is 5. The molecule has 4 nitrogen and oxygen atoms in total. The van der Waals surface area contributed by atoms with E-state index in [1.165, 1.54) is 0 Å². The molecule has 0 fully saturated rings. The molecule has 0 unspecified atom stereocenters. The topological polar surface area (TPSA) is 55.1 Å². The van der Waals surface area contributed by atoms with Crippen molar-refractivity contribution in [2.75, 3.05) is 20.0 Å². The van der Waals surface area contributed by atoms with Gasteiger partial charge in [-0.2, -0.15) is 5.26 Å². The first-order valence-corrected chi connectivity index (χ1v) is 8.82. The van der Waals surface area contributed by atoms with Crippen molar-refractivity contribution in [2.45, 2.75) is 11.3 Å². The van der Waals surface area contributed by atoms with Gasteiger partial charge in [-0.25, -0.2) is 4.98 Å². The zero-order valence-electron chi connectivity index (χ0n) is 14.1. The normalized spacial score (nSPS) is 11.0. The van der Waals surface area contributed by atoms with E-state index in [0.29, 0.717) is 11.3 Å². The molecule has 0 saturated heterocycles. The van der Waals surface area contributed by atoms with Gasteiger partial charge in [0.15, 0.2) is 6.29 Å². The van der Waals surface area contributed by atoms with Gasteiger partial charge in [-0.15, -0.1) is 11.8 Å². The Hall–Kier alpha value is -2.39. The number of hydrogen-bond donors (Lipinski definition) is 0. The molecule has 0 aliphatic carbocycles. The molecule has 25 heavy (non-hydrogen) atoms. The molecule has 0 saturated carbocycles. The molecule has 2 aromatic carbocycles. The van der Waals surface area contributed by atoms with Crippen LogP contribution in [0.3, 0.4) is 0 Å². The van der Waals surface area contributed by atoms with Crippen molar-refractivity contribution in [3.63, 3.8) is 0 Å². The van der Waals surface area contributed by atoms with Gasteiger partial charge in [0.05, 0.1) is 27.9 Å². The fourth-order valence-corrected chi connectivity index (χ4v) is 3.40. The van der Waals surface area contributed by atoms with E-state index in [0.717, 1.165) is 27.1 Å². The highest BCUT2D eigenvalue weighted by molar-refractivity contribution is 7.99. The highest BCUT2D eigenvalue weighted by Gasteiger charge is 2.08. The lowest BCUT2D eigenvalue weighted by Gasteiger charge is -2.12. The molecular weight excluding hydrogens is 332 g/mol. The van der Waals surface area contributed by atoms with Crippen molar-refractivity contribution in [1.29, 1.82) is 5.26 Å². The van der Waals surface area contributed by atoms with E-state index in [1.807, 2.05) is 36.4 Å². The van der Waals surface area contributed by atoms with Gasteiger partial charge in [-0.05, 0) is 41.5 Å². The van der Waals surface area contributed by atoms with Gasteiger partial charge in [0, 0.05) is 19.6 Å². The third-order valence-electron chi connectivity index (χ3n) is 3.90. The highest BCUT2D eigenvalue weighted by Crippen LogP contribution is 2.26. The van der Waals surface area contributed by atoms with E-state index in [9.17, 15) is 0 Å². The zero-order valence-corrected chi connectivity index (χ0v) is 14.9. The van der Waals surface area contributed by atoms with Crippen molar-refractivity contribution in [3.05, 3.63) is 60.2 Å². The van der Waals surface area contributed by atoms with Gasteiger partial charge in [0.1, 0.15) is 0 Å². The lowest BCUT2D eigenvalue weighted by atomic mass is 10.0. The minimum atomic E-state index is -0.235. The van der Waals surface area contributed by atoms with Crippen LogP contribution in [0.25, 0.3) is 22.0 Å². The average Bonchev–Trinajstić information content (AvgIpc) is 2.68. The zero-order chi connectivity index (χ0) is 17.6. The first-order valence-electron chi connectivity index (χ1n) is 7.83. The van der Waals surface area contributed by atoms with Crippen LogP contribution in [0.15, 0.2) is 59.6 Å². The van der Waals surface area contributed by atoms with Crippen LogP contribution in [0.4, 0.5) is 0 Å². The highest BCUT2D eigenvalue weighted by atomic mass is 32.2. The van der Waals surface area contributed by atoms with Gasteiger partial charge >= 0.3 is 0 Å². The molecule has 0 N–H and O–H groups in total. The third-order valence-corrected chi connectivity index (χ3v) is 4.87. The SMILES string of the molecule is COC(CSc1ccc2cc(-c3ccc(C#N)cc3)ccc2n1)OC.